The first-order valence-electron chi connectivity index (χ1n) is 8.79. The van der Waals surface area contributed by atoms with E-state index < -0.39 is 0 Å². The Morgan fingerprint density at radius 2 is 1.79 bits per heavy atom. The normalized spacial score (nSPS) is 10.8. The zero-order valence-corrected chi connectivity index (χ0v) is 19.7. The van der Waals surface area contributed by atoms with Crippen LogP contribution in [0.15, 0.2) is 47.5 Å². The van der Waals surface area contributed by atoms with Crippen LogP contribution in [-0.2, 0) is 13.1 Å². The fraction of sp³-hybridized carbons (Fsp3) is 0.300. The lowest BCUT2D eigenvalue weighted by molar-refractivity contribution is 0.0953. The molecule has 5 nitrogen and oxygen atoms in total. The Morgan fingerprint density at radius 3 is 2.46 bits per heavy atom. The highest BCUT2D eigenvalue weighted by molar-refractivity contribution is 14.0. The van der Waals surface area contributed by atoms with Crippen LogP contribution in [-0.4, -0.2) is 25.5 Å². The minimum absolute atomic E-state index is 0. The summed E-state index contributed by atoms with van der Waals surface area (Å²) in [6.45, 7) is 3.76. The highest BCUT2D eigenvalue weighted by atomic mass is 127. The number of guanidine groups is 1. The summed E-state index contributed by atoms with van der Waals surface area (Å²) in [4.78, 5) is 16.3. The van der Waals surface area contributed by atoms with Gasteiger partial charge in [0.2, 0.25) is 0 Å². The van der Waals surface area contributed by atoms with Crippen LogP contribution >= 0.6 is 47.2 Å². The smallest absolute Gasteiger partial charge is 0.251 e. The number of carbonyl (C=O) groups excluding carboxylic acids is 1. The lowest BCUT2D eigenvalue weighted by atomic mass is 10.1. The number of carbonyl (C=O) groups is 1. The number of hydrogen-bond acceptors (Lipinski definition) is 2. The lowest BCUT2D eigenvalue weighted by Crippen LogP contribution is -2.36. The maximum atomic E-state index is 12.1. The molecule has 0 saturated carbocycles. The monoisotopic (exact) mass is 534 g/mol. The maximum Gasteiger partial charge on any atom is 0.251 e. The van der Waals surface area contributed by atoms with Crippen LogP contribution in [0.1, 0.15) is 34.8 Å². The van der Waals surface area contributed by atoms with E-state index in [1.54, 1.807) is 19.2 Å². The van der Waals surface area contributed by atoms with Crippen molar-refractivity contribution in [3.63, 3.8) is 0 Å². The lowest BCUT2D eigenvalue weighted by Gasteiger charge is -2.13. The molecule has 2 aromatic carbocycles. The van der Waals surface area contributed by atoms with Crippen molar-refractivity contribution < 1.29 is 4.79 Å². The number of nitrogens with zero attached hydrogens (tertiary/aromatic N) is 1. The van der Waals surface area contributed by atoms with Crippen LogP contribution < -0.4 is 16.0 Å². The molecule has 0 atom stereocenters. The van der Waals surface area contributed by atoms with Gasteiger partial charge >= 0.3 is 0 Å². The topological polar surface area (TPSA) is 65.5 Å². The number of halogens is 3. The molecule has 1 amide bonds. The zero-order chi connectivity index (χ0) is 19.6. The molecule has 152 valence electrons. The van der Waals surface area contributed by atoms with Gasteiger partial charge in [-0.15, -0.1) is 24.0 Å². The van der Waals surface area contributed by atoms with E-state index in [-0.39, 0.29) is 29.9 Å². The van der Waals surface area contributed by atoms with Gasteiger partial charge in [0.05, 0.1) is 0 Å². The van der Waals surface area contributed by atoms with E-state index >= 15 is 0 Å². The van der Waals surface area contributed by atoms with Crippen molar-refractivity contribution >= 4 is 59.0 Å². The Hall–Kier alpha value is -1.51. The summed E-state index contributed by atoms with van der Waals surface area (Å²) in [5.41, 5.74) is 2.57. The molecule has 0 bridgehead atoms. The second kappa shape index (κ2) is 12.9. The summed E-state index contributed by atoms with van der Waals surface area (Å²) < 4.78 is 0. The van der Waals surface area contributed by atoms with Crippen LogP contribution in [0.4, 0.5) is 0 Å². The van der Waals surface area contributed by atoms with Crippen LogP contribution in [0.3, 0.4) is 0 Å². The van der Waals surface area contributed by atoms with Gasteiger partial charge in [-0.2, -0.15) is 0 Å². The largest absolute Gasteiger partial charge is 0.352 e. The minimum atomic E-state index is -0.0569. The Balaban J connectivity index is 0.00000392. The molecule has 0 unspecified atom stereocenters. The predicted octanol–water partition coefficient (Wildman–Crippen LogP) is 4.62. The summed E-state index contributed by atoms with van der Waals surface area (Å²) >= 11 is 12.1. The number of benzene rings is 2. The van der Waals surface area contributed by atoms with Crippen molar-refractivity contribution in [1.82, 2.24) is 16.0 Å². The molecule has 0 fully saturated rings. The molecule has 0 saturated heterocycles. The molecule has 8 heteroatoms. The minimum Gasteiger partial charge on any atom is -0.352 e. The van der Waals surface area contributed by atoms with E-state index in [1.807, 2.05) is 37.3 Å². The number of hydrogen-bond donors (Lipinski definition) is 3. The Bertz CT molecular complexity index is 815. The second-order valence-corrected chi connectivity index (χ2v) is 6.81. The van der Waals surface area contributed by atoms with Crippen LogP contribution in [0.5, 0.6) is 0 Å². The van der Waals surface area contributed by atoms with Crippen molar-refractivity contribution in [1.29, 1.82) is 0 Å². The van der Waals surface area contributed by atoms with Gasteiger partial charge in [0.1, 0.15) is 0 Å². The van der Waals surface area contributed by atoms with Gasteiger partial charge in [0.15, 0.2) is 5.96 Å². The molecular formula is C20H25Cl2IN4O. The first-order valence-corrected chi connectivity index (χ1v) is 9.54. The van der Waals surface area contributed by atoms with Crippen LogP contribution in [0.25, 0.3) is 0 Å². The Kier molecular flexibility index (Phi) is 11.3. The summed E-state index contributed by atoms with van der Waals surface area (Å²) in [6.07, 6.45) is 0.909. The standard InChI is InChI=1S/C20H24Cl2N4O.HI/c1-3-9-24-19(27)15-6-4-5-14(10-15)12-25-20(23-2)26-13-16-7-8-17(21)11-18(16)22;/h4-8,10-11H,3,9,12-13H2,1-2H3,(H,24,27)(H2,23,25,26);1H. The molecule has 0 radical (unpaired) electrons. The van der Waals surface area contributed by atoms with E-state index in [0.717, 1.165) is 17.5 Å². The van der Waals surface area contributed by atoms with Crippen LogP contribution in [0, 0.1) is 0 Å². The van der Waals surface area contributed by atoms with E-state index in [9.17, 15) is 4.79 Å². The van der Waals surface area contributed by atoms with E-state index in [0.29, 0.717) is 41.2 Å². The number of amides is 1. The summed E-state index contributed by atoms with van der Waals surface area (Å²) in [7, 11) is 1.70. The van der Waals surface area contributed by atoms with Crippen molar-refractivity contribution in [3.05, 3.63) is 69.2 Å². The quantitative estimate of drug-likeness (QED) is 0.276. The van der Waals surface area contributed by atoms with Gasteiger partial charge < -0.3 is 16.0 Å². The van der Waals surface area contributed by atoms with Gasteiger partial charge in [0.25, 0.3) is 5.91 Å². The number of nitrogens with one attached hydrogen (secondary N) is 3. The Morgan fingerprint density at radius 1 is 1.04 bits per heavy atom. The molecule has 3 N–H and O–H groups in total. The van der Waals surface area contributed by atoms with Crippen LogP contribution in [0.2, 0.25) is 10.0 Å². The van der Waals surface area contributed by atoms with Gasteiger partial charge in [-0.05, 0) is 41.8 Å². The van der Waals surface area contributed by atoms with Gasteiger partial charge in [0, 0.05) is 42.3 Å². The molecule has 0 heterocycles. The molecule has 0 aliphatic heterocycles. The van der Waals surface area contributed by atoms with Crippen molar-refractivity contribution in [2.45, 2.75) is 26.4 Å². The summed E-state index contributed by atoms with van der Waals surface area (Å²) in [5.74, 6) is 0.584. The number of aliphatic imine (C=N–C) groups is 1. The third kappa shape index (κ3) is 7.85. The number of rotatable bonds is 7. The molecule has 2 rings (SSSR count). The second-order valence-electron chi connectivity index (χ2n) is 5.97. The molecule has 0 aromatic heterocycles. The average Bonchev–Trinajstić information content (AvgIpc) is 2.67. The first-order chi connectivity index (χ1) is 13.0. The van der Waals surface area contributed by atoms with Crippen molar-refractivity contribution in [3.8, 4) is 0 Å². The van der Waals surface area contributed by atoms with E-state index in [2.05, 4.69) is 20.9 Å². The van der Waals surface area contributed by atoms with E-state index in [1.165, 1.54) is 0 Å². The summed E-state index contributed by atoms with van der Waals surface area (Å²) in [5, 5.41) is 10.5. The fourth-order valence-corrected chi connectivity index (χ4v) is 2.89. The third-order valence-corrected chi connectivity index (χ3v) is 4.46. The molecular weight excluding hydrogens is 510 g/mol. The van der Waals surface area contributed by atoms with Gasteiger partial charge in [-0.1, -0.05) is 48.3 Å². The predicted molar refractivity (Wildman–Crippen MR) is 128 cm³/mol. The highest BCUT2D eigenvalue weighted by Gasteiger charge is 2.06. The maximum absolute atomic E-state index is 12.1. The molecule has 0 spiro atoms. The summed E-state index contributed by atoms with van der Waals surface area (Å²) in [6, 6.07) is 12.9. The Labute approximate surface area is 193 Å². The highest BCUT2D eigenvalue weighted by Crippen LogP contribution is 2.20. The van der Waals surface area contributed by atoms with Gasteiger partial charge in [-0.3, -0.25) is 9.79 Å². The molecule has 28 heavy (non-hydrogen) atoms. The van der Waals surface area contributed by atoms with Gasteiger partial charge in [-0.25, -0.2) is 0 Å². The molecule has 0 aliphatic carbocycles. The van der Waals surface area contributed by atoms with Crippen molar-refractivity contribution in [2.75, 3.05) is 13.6 Å². The fourth-order valence-electron chi connectivity index (χ4n) is 2.41. The SMILES string of the molecule is CCCNC(=O)c1cccc(CNC(=NC)NCc2ccc(Cl)cc2Cl)c1.I. The van der Waals surface area contributed by atoms with Crippen molar-refractivity contribution in [2.24, 2.45) is 4.99 Å². The zero-order valence-electron chi connectivity index (χ0n) is 15.9. The molecule has 0 aliphatic rings. The average molecular weight is 535 g/mol. The third-order valence-electron chi connectivity index (χ3n) is 3.87. The molecule has 2 aromatic rings. The van der Waals surface area contributed by atoms with E-state index in [4.69, 9.17) is 23.2 Å². The first kappa shape index (κ1) is 24.5.